The van der Waals surface area contributed by atoms with E-state index in [1.165, 1.54) is 0 Å². The van der Waals surface area contributed by atoms with Crippen LogP contribution in [-0.4, -0.2) is 12.0 Å². The van der Waals surface area contributed by atoms with E-state index in [0.29, 0.717) is 0 Å². The van der Waals surface area contributed by atoms with Crippen LogP contribution in [0.2, 0.25) is 0 Å². The van der Waals surface area contributed by atoms with Crippen LogP contribution in [0, 0.1) is 12.3 Å². The van der Waals surface area contributed by atoms with Gasteiger partial charge in [-0.25, -0.2) is 4.99 Å². The van der Waals surface area contributed by atoms with Gasteiger partial charge in [-0.05, 0) is 6.42 Å². The van der Waals surface area contributed by atoms with Crippen molar-refractivity contribution in [2.24, 2.45) is 16.5 Å². The summed E-state index contributed by atoms with van der Waals surface area (Å²) in [5.74, 6) is 2.55. The first-order chi connectivity index (χ1) is 4.70. The van der Waals surface area contributed by atoms with E-state index < -0.39 is 0 Å². The Kier molecular flexibility index (Phi) is 4.14. The Morgan fingerprint density at radius 3 is 2.60 bits per heavy atom. The highest BCUT2D eigenvalue weighted by atomic mass is 15.0. The molecule has 0 heterocycles. The van der Waals surface area contributed by atoms with E-state index in [1.807, 2.05) is 6.92 Å². The topological polar surface area (TPSA) is 64.4 Å². The second-order valence-electron chi connectivity index (χ2n) is 2.03. The minimum atomic E-state index is -0.144. The van der Waals surface area contributed by atoms with Crippen molar-refractivity contribution >= 4 is 5.96 Å². The third-order valence-electron chi connectivity index (χ3n) is 1.06. The van der Waals surface area contributed by atoms with Gasteiger partial charge in [-0.3, -0.25) is 0 Å². The minimum absolute atomic E-state index is 0.0661. The summed E-state index contributed by atoms with van der Waals surface area (Å²) in [6.45, 7) is 2.03. The van der Waals surface area contributed by atoms with Crippen molar-refractivity contribution in [3.63, 3.8) is 0 Å². The summed E-state index contributed by atoms with van der Waals surface area (Å²) in [4.78, 5) is 3.82. The first-order valence-electron chi connectivity index (χ1n) is 3.25. The SMILES string of the molecule is C#CC(CCC)N=C(N)N. The minimum Gasteiger partial charge on any atom is -0.370 e. The van der Waals surface area contributed by atoms with Crippen LogP contribution in [-0.2, 0) is 0 Å². The average molecular weight is 139 g/mol. The van der Waals surface area contributed by atoms with Crippen LogP contribution in [0.15, 0.2) is 4.99 Å². The highest BCUT2D eigenvalue weighted by molar-refractivity contribution is 5.76. The van der Waals surface area contributed by atoms with Gasteiger partial charge in [0.2, 0.25) is 0 Å². The van der Waals surface area contributed by atoms with E-state index in [-0.39, 0.29) is 12.0 Å². The van der Waals surface area contributed by atoms with E-state index >= 15 is 0 Å². The Morgan fingerprint density at radius 1 is 1.70 bits per heavy atom. The van der Waals surface area contributed by atoms with Crippen LogP contribution >= 0.6 is 0 Å². The molecule has 0 aliphatic carbocycles. The molecule has 1 unspecified atom stereocenters. The molecular formula is C7H13N3. The van der Waals surface area contributed by atoms with Crippen molar-refractivity contribution in [1.82, 2.24) is 0 Å². The average Bonchev–Trinajstić information content (AvgIpc) is 1.86. The third kappa shape index (κ3) is 3.79. The predicted molar refractivity (Wildman–Crippen MR) is 43.3 cm³/mol. The number of rotatable bonds is 3. The van der Waals surface area contributed by atoms with Crippen molar-refractivity contribution in [3.05, 3.63) is 0 Å². The van der Waals surface area contributed by atoms with E-state index in [1.54, 1.807) is 0 Å². The maximum Gasteiger partial charge on any atom is 0.187 e. The molecule has 4 N–H and O–H groups in total. The third-order valence-corrected chi connectivity index (χ3v) is 1.06. The molecule has 0 amide bonds. The molecular weight excluding hydrogens is 126 g/mol. The number of hydrogen-bond acceptors (Lipinski definition) is 1. The van der Waals surface area contributed by atoms with Crippen LogP contribution in [0.25, 0.3) is 0 Å². The highest BCUT2D eigenvalue weighted by Gasteiger charge is 1.98. The number of nitrogens with two attached hydrogens (primary N) is 2. The number of nitrogens with zero attached hydrogens (tertiary/aromatic N) is 1. The molecule has 3 heteroatoms. The molecule has 0 rings (SSSR count). The van der Waals surface area contributed by atoms with Crippen molar-refractivity contribution in [1.29, 1.82) is 0 Å². The molecule has 0 fully saturated rings. The van der Waals surface area contributed by atoms with Gasteiger partial charge in [0.15, 0.2) is 5.96 Å². The fourth-order valence-electron chi connectivity index (χ4n) is 0.639. The standard InChI is InChI=1S/C7H13N3/c1-3-5-6(4-2)10-7(8)9/h2,6H,3,5H2,1H3,(H4,8,9,10). The summed E-state index contributed by atoms with van der Waals surface area (Å²) in [6, 6.07) is -0.144. The van der Waals surface area contributed by atoms with Crippen LogP contribution in [0.3, 0.4) is 0 Å². The van der Waals surface area contributed by atoms with Gasteiger partial charge in [-0.15, -0.1) is 6.42 Å². The van der Waals surface area contributed by atoms with Gasteiger partial charge in [-0.1, -0.05) is 19.3 Å². The van der Waals surface area contributed by atoms with Crippen molar-refractivity contribution in [2.75, 3.05) is 0 Å². The monoisotopic (exact) mass is 139 g/mol. The largest absolute Gasteiger partial charge is 0.370 e. The summed E-state index contributed by atoms with van der Waals surface area (Å²) in [5, 5.41) is 0. The molecule has 0 spiro atoms. The molecule has 56 valence electrons. The number of hydrogen-bond donors (Lipinski definition) is 2. The lowest BCUT2D eigenvalue weighted by Crippen LogP contribution is -2.25. The second kappa shape index (κ2) is 4.68. The van der Waals surface area contributed by atoms with Gasteiger partial charge in [0.05, 0.1) is 0 Å². The molecule has 0 aromatic heterocycles. The van der Waals surface area contributed by atoms with Crippen molar-refractivity contribution in [2.45, 2.75) is 25.8 Å². The predicted octanol–water partition coefficient (Wildman–Crippen LogP) is 0.0617. The Labute approximate surface area is 61.5 Å². The number of aliphatic imine (C=N–C) groups is 1. The molecule has 0 aromatic carbocycles. The van der Waals surface area contributed by atoms with Crippen LogP contribution in [0.4, 0.5) is 0 Å². The maximum atomic E-state index is 5.14. The van der Waals surface area contributed by atoms with Crippen LogP contribution in [0.5, 0.6) is 0 Å². The normalized spacial score (nSPS) is 11.6. The Bertz CT molecular complexity index is 151. The lowest BCUT2D eigenvalue weighted by Gasteiger charge is -2.01. The van der Waals surface area contributed by atoms with Gasteiger partial charge >= 0.3 is 0 Å². The molecule has 1 atom stereocenters. The molecule has 0 radical (unpaired) electrons. The molecule has 3 nitrogen and oxygen atoms in total. The Hall–Kier alpha value is -1.17. The molecule has 0 bridgehead atoms. The van der Waals surface area contributed by atoms with E-state index in [0.717, 1.165) is 12.8 Å². The molecule has 0 aliphatic rings. The Morgan fingerprint density at radius 2 is 2.30 bits per heavy atom. The van der Waals surface area contributed by atoms with Gasteiger partial charge in [0, 0.05) is 0 Å². The fraction of sp³-hybridized carbons (Fsp3) is 0.571. The van der Waals surface area contributed by atoms with Crippen molar-refractivity contribution < 1.29 is 0 Å². The van der Waals surface area contributed by atoms with Crippen molar-refractivity contribution in [3.8, 4) is 12.3 Å². The molecule has 0 aliphatic heterocycles. The van der Waals surface area contributed by atoms with Gasteiger partial charge in [0.25, 0.3) is 0 Å². The molecule has 0 aromatic rings. The maximum absolute atomic E-state index is 5.14. The lowest BCUT2D eigenvalue weighted by atomic mass is 10.2. The second-order valence-corrected chi connectivity index (χ2v) is 2.03. The van der Waals surface area contributed by atoms with E-state index in [9.17, 15) is 0 Å². The summed E-state index contributed by atoms with van der Waals surface area (Å²) in [6.07, 6.45) is 6.97. The molecule has 0 saturated heterocycles. The summed E-state index contributed by atoms with van der Waals surface area (Å²) in [7, 11) is 0. The van der Waals surface area contributed by atoms with Gasteiger partial charge in [0.1, 0.15) is 6.04 Å². The fourth-order valence-corrected chi connectivity index (χ4v) is 0.639. The first-order valence-corrected chi connectivity index (χ1v) is 3.25. The zero-order chi connectivity index (χ0) is 7.98. The van der Waals surface area contributed by atoms with Gasteiger partial charge in [-0.2, -0.15) is 0 Å². The summed E-state index contributed by atoms with van der Waals surface area (Å²) in [5.41, 5.74) is 10.3. The summed E-state index contributed by atoms with van der Waals surface area (Å²) >= 11 is 0. The van der Waals surface area contributed by atoms with Gasteiger partial charge < -0.3 is 11.5 Å². The first kappa shape index (κ1) is 8.83. The molecule has 10 heavy (non-hydrogen) atoms. The van der Waals surface area contributed by atoms with E-state index in [4.69, 9.17) is 17.9 Å². The Balaban J connectivity index is 3.86. The number of terminal acetylenes is 1. The highest BCUT2D eigenvalue weighted by Crippen LogP contribution is 1.98. The van der Waals surface area contributed by atoms with Crippen LogP contribution in [0.1, 0.15) is 19.8 Å². The zero-order valence-electron chi connectivity index (χ0n) is 6.17. The van der Waals surface area contributed by atoms with Crippen LogP contribution < -0.4 is 11.5 Å². The number of guanidine groups is 1. The quantitative estimate of drug-likeness (QED) is 0.330. The molecule has 0 saturated carbocycles. The smallest absolute Gasteiger partial charge is 0.187 e. The summed E-state index contributed by atoms with van der Waals surface area (Å²) < 4.78 is 0. The van der Waals surface area contributed by atoms with E-state index in [2.05, 4.69) is 10.9 Å². The lowest BCUT2D eigenvalue weighted by molar-refractivity contribution is 0.721. The zero-order valence-corrected chi connectivity index (χ0v) is 6.17.